The number of aliphatic imine (C=N–C) groups is 1. The van der Waals surface area contributed by atoms with Gasteiger partial charge in [-0.3, -0.25) is 5.73 Å². The Hall–Kier alpha value is -0.660. The van der Waals surface area contributed by atoms with Crippen molar-refractivity contribution in [3.8, 4) is 0 Å². The van der Waals surface area contributed by atoms with Gasteiger partial charge in [-0.1, -0.05) is 0 Å². The molecule has 39 valence electrons. The van der Waals surface area contributed by atoms with Gasteiger partial charge in [0.25, 0.3) is 0 Å². The first-order chi connectivity index (χ1) is 3.31. The first-order valence-corrected chi connectivity index (χ1v) is 2.03. The summed E-state index contributed by atoms with van der Waals surface area (Å²) in [6.07, 6.45) is 1.37. The van der Waals surface area contributed by atoms with Gasteiger partial charge in [0.1, 0.15) is 0 Å². The normalized spacial score (nSPS) is 12.3. The van der Waals surface area contributed by atoms with Crippen molar-refractivity contribution < 1.29 is 4.79 Å². The fraction of sp³-hybridized carbons (Fsp3) is 0.750. The summed E-state index contributed by atoms with van der Waals surface area (Å²) >= 11 is 0. The summed E-state index contributed by atoms with van der Waals surface area (Å²) in [5, 5.41) is 0. The molecule has 0 aromatic rings. The Morgan fingerprint density at radius 2 is 2.57 bits per heavy atom. The predicted octanol–water partition coefficient (Wildman–Crippen LogP) is -0.00640. The molecule has 0 aliphatic carbocycles. The minimum absolute atomic E-state index is 0.162. The van der Waals surface area contributed by atoms with Crippen LogP contribution in [0.4, 0.5) is 0 Å². The van der Waals surface area contributed by atoms with Crippen LogP contribution in [0.3, 0.4) is 0 Å². The van der Waals surface area contributed by atoms with E-state index in [-0.39, 0.29) is 12.6 Å². The van der Waals surface area contributed by atoms with Gasteiger partial charge in [0.15, 0.2) is 0 Å². The second kappa shape index (κ2) is 3.53. The summed E-state index contributed by atoms with van der Waals surface area (Å²) in [6, 6.07) is -0.183. The first kappa shape index (κ1) is 6.34. The zero-order valence-electron chi connectivity index (χ0n) is 4.14. The van der Waals surface area contributed by atoms with Gasteiger partial charge in [0, 0.05) is 6.54 Å². The minimum atomic E-state index is -0.183. The lowest BCUT2D eigenvalue weighted by atomic mass is 10.4. The molecule has 0 saturated heterocycles. The SMILES string of the molecule is CC(C[NH])N=C=O. The van der Waals surface area contributed by atoms with Gasteiger partial charge in [0.2, 0.25) is 6.08 Å². The Balaban J connectivity index is 3.35. The topological polar surface area (TPSA) is 53.2 Å². The molecular formula is C4H7N2O. The smallest absolute Gasteiger partial charge is 0.235 e. The molecule has 0 amide bonds. The standard InChI is InChI=1S/C4H7N2O/c1-4(2-5)6-3-7/h4-5H,2H2,1H3. The average molecular weight is 99.1 g/mol. The molecule has 0 aliphatic heterocycles. The molecule has 0 aliphatic rings. The Morgan fingerprint density at radius 3 is 2.71 bits per heavy atom. The third-order valence-corrected chi connectivity index (χ3v) is 0.569. The fourth-order valence-corrected chi connectivity index (χ4v) is 0.136. The molecule has 0 bridgehead atoms. The minimum Gasteiger partial charge on any atom is -0.256 e. The number of carbonyl (C=O) groups excluding carboxylic acids is 1. The number of isocyanates is 1. The van der Waals surface area contributed by atoms with Crippen LogP contribution in [-0.2, 0) is 4.79 Å². The highest BCUT2D eigenvalue weighted by Crippen LogP contribution is 1.80. The number of hydrogen-bond donors (Lipinski definition) is 0. The molecule has 0 saturated carbocycles. The van der Waals surface area contributed by atoms with Gasteiger partial charge in [-0.15, -0.1) is 0 Å². The first-order valence-electron chi connectivity index (χ1n) is 2.03. The van der Waals surface area contributed by atoms with Crippen LogP contribution in [0.25, 0.3) is 0 Å². The molecule has 1 unspecified atom stereocenters. The van der Waals surface area contributed by atoms with Gasteiger partial charge in [-0.25, -0.2) is 9.79 Å². The molecule has 0 rings (SSSR count). The van der Waals surface area contributed by atoms with Crippen molar-refractivity contribution in [3.05, 3.63) is 0 Å². The van der Waals surface area contributed by atoms with Gasteiger partial charge >= 0.3 is 0 Å². The van der Waals surface area contributed by atoms with Crippen molar-refractivity contribution in [2.75, 3.05) is 6.54 Å². The van der Waals surface area contributed by atoms with Gasteiger partial charge < -0.3 is 0 Å². The third kappa shape index (κ3) is 3.16. The maximum Gasteiger partial charge on any atom is 0.235 e. The van der Waals surface area contributed by atoms with Crippen molar-refractivity contribution in [1.82, 2.24) is 5.73 Å². The Bertz CT molecular complexity index is 85.7. The van der Waals surface area contributed by atoms with Gasteiger partial charge in [0.05, 0.1) is 6.04 Å². The van der Waals surface area contributed by atoms with Gasteiger partial charge in [-0.2, -0.15) is 0 Å². The van der Waals surface area contributed by atoms with E-state index < -0.39 is 0 Å². The van der Waals surface area contributed by atoms with Crippen molar-refractivity contribution in [2.45, 2.75) is 13.0 Å². The highest BCUT2D eigenvalue weighted by Gasteiger charge is 1.89. The molecule has 3 heteroatoms. The number of nitrogens with one attached hydrogen (secondary N) is 1. The van der Waals surface area contributed by atoms with E-state index in [4.69, 9.17) is 5.73 Å². The van der Waals surface area contributed by atoms with Crippen molar-refractivity contribution >= 4 is 6.08 Å². The van der Waals surface area contributed by atoms with E-state index in [1.54, 1.807) is 6.92 Å². The Labute approximate surface area is 42.2 Å². The van der Waals surface area contributed by atoms with Gasteiger partial charge in [-0.05, 0) is 6.92 Å². The lowest BCUT2D eigenvalue weighted by molar-refractivity contribution is 0.558. The Morgan fingerprint density at radius 1 is 2.00 bits per heavy atom. The van der Waals surface area contributed by atoms with Crippen LogP contribution in [0.5, 0.6) is 0 Å². The summed E-state index contributed by atoms with van der Waals surface area (Å²) in [5.41, 5.74) is 6.64. The molecule has 7 heavy (non-hydrogen) atoms. The molecule has 1 N–H and O–H groups in total. The molecule has 1 radical (unpaired) electrons. The van der Waals surface area contributed by atoms with E-state index >= 15 is 0 Å². The molecule has 0 aromatic heterocycles. The maximum absolute atomic E-state index is 9.40. The Kier molecular flexibility index (Phi) is 3.19. The largest absolute Gasteiger partial charge is 0.256 e. The van der Waals surface area contributed by atoms with Crippen molar-refractivity contribution in [2.24, 2.45) is 4.99 Å². The van der Waals surface area contributed by atoms with Crippen LogP contribution in [0.1, 0.15) is 6.92 Å². The summed E-state index contributed by atoms with van der Waals surface area (Å²) in [5.74, 6) is 0. The summed E-state index contributed by atoms with van der Waals surface area (Å²) in [4.78, 5) is 12.6. The van der Waals surface area contributed by atoms with E-state index in [1.807, 2.05) is 0 Å². The monoisotopic (exact) mass is 99.1 g/mol. The maximum atomic E-state index is 9.40. The second-order valence-corrected chi connectivity index (χ2v) is 1.27. The quantitative estimate of drug-likeness (QED) is 0.355. The van der Waals surface area contributed by atoms with Crippen molar-refractivity contribution in [1.29, 1.82) is 0 Å². The van der Waals surface area contributed by atoms with Crippen LogP contribution >= 0.6 is 0 Å². The second-order valence-electron chi connectivity index (χ2n) is 1.27. The van der Waals surface area contributed by atoms with Crippen LogP contribution in [0.15, 0.2) is 4.99 Å². The lowest BCUT2D eigenvalue weighted by Crippen LogP contribution is -2.03. The summed E-state index contributed by atoms with van der Waals surface area (Å²) in [6.45, 7) is 1.85. The third-order valence-electron chi connectivity index (χ3n) is 0.569. The number of hydrogen-bond acceptors (Lipinski definition) is 2. The van der Waals surface area contributed by atoms with E-state index in [9.17, 15) is 4.79 Å². The van der Waals surface area contributed by atoms with Crippen molar-refractivity contribution in [3.63, 3.8) is 0 Å². The molecule has 0 fully saturated rings. The fourth-order valence-electron chi connectivity index (χ4n) is 0.136. The predicted molar refractivity (Wildman–Crippen MR) is 25.5 cm³/mol. The number of rotatable bonds is 2. The highest BCUT2D eigenvalue weighted by molar-refractivity contribution is 5.33. The molecule has 3 nitrogen and oxygen atoms in total. The molecule has 0 spiro atoms. The van der Waals surface area contributed by atoms with Crippen LogP contribution < -0.4 is 5.73 Å². The zero-order chi connectivity index (χ0) is 5.70. The van der Waals surface area contributed by atoms with E-state index in [2.05, 4.69) is 4.99 Å². The average Bonchev–Trinajstić information content (AvgIpc) is 1.68. The van der Waals surface area contributed by atoms with E-state index in [0.29, 0.717) is 0 Å². The molecule has 0 aromatic carbocycles. The molecule has 0 heterocycles. The number of nitrogens with zero attached hydrogens (tertiary/aromatic N) is 1. The van der Waals surface area contributed by atoms with E-state index in [1.165, 1.54) is 6.08 Å². The van der Waals surface area contributed by atoms with E-state index in [0.717, 1.165) is 0 Å². The summed E-state index contributed by atoms with van der Waals surface area (Å²) in [7, 11) is 0. The lowest BCUT2D eigenvalue weighted by Gasteiger charge is -1.91. The molecule has 1 atom stereocenters. The van der Waals surface area contributed by atoms with Crippen LogP contribution in [0.2, 0.25) is 0 Å². The summed E-state index contributed by atoms with van der Waals surface area (Å²) < 4.78 is 0. The van der Waals surface area contributed by atoms with Crippen LogP contribution in [0, 0.1) is 0 Å². The molecular weight excluding hydrogens is 92.1 g/mol. The van der Waals surface area contributed by atoms with Crippen LogP contribution in [-0.4, -0.2) is 18.7 Å². The highest BCUT2D eigenvalue weighted by atomic mass is 16.1. The zero-order valence-corrected chi connectivity index (χ0v) is 4.14.